The minimum absolute atomic E-state index is 0.108. The maximum atomic E-state index is 12.7. The summed E-state index contributed by atoms with van der Waals surface area (Å²) in [5.41, 5.74) is 3.28. The number of nitrogens with one attached hydrogen (secondary N) is 1. The van der Waals surface area contributed by atoms with Gasteiger partial charge >= 0.3 is 0 Å². The molecule has 1 N–H and O–H groups in total. The minimum Gasteiger partial charge on any atom is -0.497 e. The summed E-state index contributed by atoms with van der Waals surface area (Å²) in [4.78, 5) is 26.5. The number of likely N-dealkylation sites (tertiary alicyclic amines) is 1. The Morgan fingerprint density at radius 3 is 2.19 bits per heavy atom. The smallest absolute Gasteiger partial charge is 0.253 e. The minimum atomic E-state index is 0.108. The molecule has 2 aromatic rings. The summed E-state index contributed by atoms with van der Waals surface area (Å²) in [5, 5.41) is 3.04. The van der Waals surface area contributed by atoms with Gasteiger partial charge < -0.3 is 15.0 Å². The average Bonchev–Trinajstić information content (AvgIpc) is 3.63. The van der Waals surface area contributed by atoms with Crippen LogP contribution < -0.4 is 10.1 Å². The largest absolute Gasteiger partial charge is 0.497 e. The van der Waals surface area contributed by atoms with Crippen LogP contribution >= 0.6 is 0 Å². The molecule has 2 aliphatic rings. The SMILES string of the molecule is COc1ccc(C(=O)N2CCC(Cc3ccc(CCC(=O)NC4CC4)cc3)CC2)cc1. The van der Waals surface area contributed by atoms with Gasteiger partial charge in [-0.05, 0) is 79.8 Å². The average molecular weight is 421 g/mol. The van der Waals surface area contributed by atoms with Crippen LogP contribution in [0.25, 0.3) is 0 Å². The Bertz CT molecular complexity index is 880. The number of carbonyl (C=O) groups is 2. The molecule has 2 fully saturated rings. The van der Waals surface area contributed by atoms with Crippen LogP contribution in [0.3, 0.4) is 0 Å². The Morgan fingerprint density at radius 1 is 0.935 bits per heavy atom. The topological polar surface area (TPSA) is 58.6 Å². The summed E-state index contributed by atoms with van der Waals surface area (Å²) in [6.45, 7) is 1.62. The van der Waals surface area contributed by atoms with Gasteiger partial charge in [-0.15, -0.1) is 0 Å². The second-order valence-corrected chi connectivity index (χ2v) is 8.83. The van der Waals surface area contributed by atoms with Gasteiger partial charge in [0.25, 0.3) is 5.91 Å². The molecule has 2 aromatic carbocycles. The van der Waals surface area contributed by atoms with E-state index in [1.807, 2.05) is 29.2 Å². The fraction of sp³-hybridized carbons (Fsp3) is 0.462. The lowest BCUT2D eigenvalue weighted by Crippen LogP contribution is -2.38. The molecular weight excluding hydrogens is 388 g/mol. The molecule has 1 saturated carbocycles. The number of nitrogens with zero attached hydrogens (tertiary/aromatic N) is 1. The third-order valence-corrected chi connectivity index (χ3v) is 6.37. The van der Waals surface area contributed by atoms with Gasteiger partial charge in [-0.2, -0.15) is 0 Å². The number of ether oxygens (including phenoxy) is 1. The monoisotopic (exact) mass is 420 g/mol. The van der Waals surface area contributed by atoms with E-state index >= 15 is 0 Å². The molecule has 1 heterocycles. The van der Waals surface area contributed by atoms with Crippen molar-refractivity contribution < 1.29 is 14.3 Å². The van der Waals surface area contributed by atoms with E-state index in [4.69, 9.17) is 4.74 Å². The molecule has 0 spiro atoms. The fourth-order valence-corrected chi connectivity index (χ4v) is 4.22. The number of hydrogen-bond acceptors (Lipinski definition) is 3. The second kappa shape index (κ2) is 9.99. The summed E-state index contributed by atoms with van der Waals surface area (Å²) in [5.74, 6) is 1.65. The standard InChI is InChI=1S/C26H32N2O3/c1-31-24-11-7-22(8-12-24)26(30)28-16-14-21(15-17-28)18-20-4-2-19(3-5-20)6-13-25(29)27-23-9-10-23/h2-5,7-8,11-12,21,23H,6,9-10,13-18H2,1H3,(H,27,29). The lowest BCUT2D eigenvalue weighted by molar-refractivity contribution is -0.121. The van der Waals surface area contributed by atoms with Crippen LogP contribution in [-0.2, 0) is 17.6 Å². The van der Waals surface area contributed by atoms with Crippen LogP contribution in [0.1, 0.15) is 53.6 Å². The van der Waals surface area contributed by atoms with Crippen molar-refractivity contribution in [2.75, 3.05) is 20.2 Å². The number of aryl methyl sites for hydroxylation is 1. The zero-order chi connectivity index (χ0) is 21.6. The third kappa shape index (κ3) is 6.09. The molecule has 0 aromatic heterocycles. The molecule has 164 valence electrons. The molecule has 4 rings (SSSR count). The molecule has 1 saturated heterocycles. The predicted molar refractivity (Wildman–Crippen MR) is 121 cm³/mol. The van der Waals surface area contributed by atoms with E-state index in [-0.39, 0.29) is 11.8 Å². The van der Waals surface area contributed by atoms with Gasteiger partial charge in [-0.3, -0.25) is 9.59 Å². The van der Waals surface area contributed by atoms with Crippen molar-refractivity contribution in [1.82, 2.24) is 10.2 Å². The van der Waals surface area contributed by atoms with Gasteiger partial charge in [0.05, 0.1) is 7.11 Å². The summed E-state index contributed by atoms with van der Waals surface area (Å²) >= 11 is 0. The Kier molecular flexibility index (Phi) is 6.90. The number of hydrogen-bond donors (Lipinski definition) is 1. The van der Waals surface area contributed by atoms with E-state index in [2.05, 4.69) is 29.6 Å². The highest BCUT2D eigenvalue weighted by Crippen LogP contribution is 2.24. The van der Waals surface area contributed by atoms with Crippen molar-refractivity contribution in [2.24, 2.45) is 5.92 Å². The van der Waals surface area contributed by atoms with E-state index in [1.165, 1.54) is 11.1 Å². The maximum absolute atomic E-state index is 12.7. The van der Waals surface area contributed by atoms with Crippen molar-refractivity contribution in [3.63, 3.8) is 0 Å². The van der Waals surface area contributed by atoms with Crippen molar-refractivity contribution in [1.29, 1.82) is 0 Å². The molecule has 0 unspecified atom stereocenters. The quantitative estimate of drug-likeness (QED) is 0.702. The molecule has 2 amide bonds. The lowest BCUT2D eigenvalue weighted by atomic mass is 9.89. The highest BCUT2D eigenvalue weighted by Gasteiger charge is 2.24. The second-order valence-electron chi connectivity index (χ2n) is 8.83. The summed E-state index contributed by atoms with van der Waals surface area (Å²) in [7, 11) is 1.63. The van der Waals surface area contributed by atoms with Crippen LogP contribution in [0.4, 0.5) is 0 Å². The summed E-state index contributed by atoms with van der Waals surface area (Å²) < 4.78 is 5.17. The first-order chi connectivity index (χ1) is 15.1. The molecule has 5 nitrogen and oxygen atoms in total. The van der Waals surface area contributed by atoms with Crippen LogP contribution in [0.5, 0.6) is 5.75 Å². The first kappa shape index (κ1) is 21.4. The maximum Gasteiger partial charge on any atom is 0.253 e. The normalized spacial score (nSPS) is 16.7. The Labute approximate surface area is 184 Å². The zero-order valence-electron chi connectivity index (χ0n) is 18.3. The predicted octanol–water partition coefficient (Wildman–Crippen LogP) is 4.00. The van der Waals surface area contributed by atoms with Crippen LogP contribution in [0.2, 0.25) is 0 Å². The molecule has 0 atom stereocenters. The van der Waals surface area contributed by atoms with Crippen LogP contribution in [0, 0.1) is 5.92 Å². The van der Waals surface area contributed by atoms with E-state index < -0.39 is 0 Å². The van der Waals surface area contributed by atoms with Crippen molar-refractivity contribution in [3.05, 3.63) is 65.2 Å². The molecule has 31 heavy (non-hydrogen) atoms. The van der Waals surface area contributed by atoms with Crippen molar-refractivity contribution >= 4 is 11.8 Å². The Balaban J connectivity index is 1.21. The highest BCUT2D eigenvalue weighted by molar-refractivity contribution is 5.94. The van der Waals surface area contributed by atoms with Crippen molar-refractivity contribution in [2.45, 2.75) is 51.0 Å². The van der Waals surface area contributed by atoms with Gasteiger partial charge in [0.1, 0.15) is 5.75 Å². The molecular formula is C26H32N2O3. The molecule has 0 bridgehead atoms. The number of amides is 2. The lowest BCUT2D eigenvalue weighted by Gasteiger charge is -2.32. The van der Waals surface area contributed by atoms with E-state index in [0.29, 0.717) is 18.4 Å². The van der Waals surface area contributed by atoms with Gasteiger partial charge in [0, 0.05) is 31.1 Å². The van der Waals surface area contributed by atoms with Crippen LogP contribution in [-0.4, -0.2) is 43.0 Å². The van der Waals surface area contributed by atoms with E-state index in [0.717, 1.165) is 62.9 Å². The number of piperidine rings is 1. The molecule has 1 aliphatic carbocycles. The summed E-state index contributed by atoms with van der Waals surface area (Å²) in [6, 6.07) is 16.5. The first-order valence-corrected chi connectivity index (χ1v) is 11.4. The van der Waals surface area contributed by atoms with E-state index in [9.17, 15) is 9.59 Å². The first-order valence-electron chi connectivity index (χ1n) is 11.4. The highest BCUT2D eigenvalue weighted by atomic mass is 16.5. The van der Waals surface area contributed by atoms with Gasteiger partial charge in [0.15, 0.2) is 0 Å². The van der Waals surface area contributed by atoms with Crippen molar-refractivity contribution in [3.8, 4) is 5.75 Å². The third-order valence-electron chi connectivity index (χ3n) is 6.37. The molecule has 5 heteroatoms. The van der Waals surface area contributed by atoms with Crippen LogP contribution in [0.15, 0.2) is 48.5 Å². The zero-order valence-corrected chi connectivity index (χ0v) is 18.3. The number of benzene rings is 2. The fourth-order valence-electron chi connectivity index (χ4n) is 4.22. The van der Waals surface area contributed by atoms with Gasteiger partial charge in [0.2, 0.25) is 5.91 Å². The van der Waals surface area contributed by atoms with E-state index in [1.54, 1.807) is 7.11 Å². The Hall–Kier alpha value is -2.82. The molecule has 0 radical (unpaired) electrons. The number of methoxy groups -OCH3 is 1. The molecule has 1 aliphatic heterocycles. The van der Waals surface area contributed by atoms with Gasteiger partial charge in [-0.25, -0.2) is 0 Å². The van der Waals surface area contributed by atoms with Gasteiger partial charge in [-0.1, -0.05) is 24.3 Å². The Morgan fingerprint density at radius 2 is 1.58 bits per heavy atom. The summed E-state index contributed by atoms with van der Waals surface area (Å²) in [6.07, 6.45) is 6.74. The number of carbonyl (C=O) groups excluding carboxylic acids is 2. The number of rotatable bonds is 8.